The molecule has 2 unspecified atom stereocenters. The number of rotatable bonds is 7. The predicted molar refractivity (Wildman–Crippen MR) is 84.8 cm³/mol. The Bertz CT molecular complexity index is 402. The molecule has 1 aliphatic heterocycles. The van der Waals surface area contributed by atoms with E-state index in [1.54, 1.807) is 0 Å². The lowest BCUT2D eigenvalue weighted by Gasteiger charge is -2.25. The molecule has 0 bridgehead atoms. The van der Waals surface area contributed by atoms with Crippen LogP contribution >= 0.6 is 15.9 Å². The maximum atomic E-state index is 5.84. The van der Waals surface area contributed by atoms with Crippen molar-refractivity contribution < 1.29 is 4.74 Å². The normalized spacial score (nSPS) is 21.1. The zero-order chi connectivity index (χ0) is 14.4. The van der Waals surface area contributed by atoms with Gasteiger partial charge in [0.2, 0.25) is 0 Å². The minimum Gasteiger partial charge on any atom is -0.378 e. The van der Waals surface area contributed by atoms with Gasteiger partial charge in [0.05, 0.1) is 28.5 Å². The first-order chi connectivity index (χ1) is 9.76. The Morgan fingerprint density at radius 2 is 2.40 bits per heavy atom. The molecular formula is C15H26BrN3O. The molecule has 0 saturated carbocycles. The molecule has 0 amide bonds. The first-order valence-corrected chi connectivity index (χ1v) is 8.55. The van der Waals surface area contributed by atoms with E-state index in [2.05, 4.69) is 38.0 Å². The van der Waals surface area contributed by atoms with Crippen LogP contribution in [-0.4, -0.2) is 29.5 Å². The second-order valence-corrected chi connectivity index (χ2v) is 6.36. The molecule has 1 aromatic rings. The van der Waals surface area contributed by atoms with Gasteiger partial charge in [0, 0.05) is 13.2 Å². The van der Waals surface area contributed by atoms with Crippen LogP contribution in [0.5, 0.6) is 0 Å². The fourth-order valence-corrected chi connectivity index (χ4v) is 3.49. The number of hydrogen-bond donors (Lipinski definition) is 1. The van der Waals surface area contributed by atoms with Crippen LogP contribution in [0.25, 0.3) is 0 Å². The Kier molecular flexibility index (Phi) is 6.52. The molecule has 0 radical (unpaired) electrons. The number of aromatic nitrogens is 2. The van der Waals surface area contributed by atoms with Crippen LogP contribution in [0.15, 0.2) is 10.7 Å². The summed E-state index contributed by atoms with van der Waals surface area (Å²) in [6, 6.07) is 0.337. The summed E-state index contributed by atoms with van der Waals surface area (Å²) in [5.74, 6) is 0. The van der Waals surface area contributed by atoms with Crippen LogP contribution in [-0.2, 0) is 11.3 Å². The molecule has 0 spiro atoms. The van der Waals surface area contributed by atoms with E-state index < -0.39 is 0 Å². The van der Waals surface area contributed by atoms with Gasteiger partial charge in [-0.15, -0.1) is 0 Å². The molecular weight excluding hydrogens is 318 g/mol. The van der Waals surface area contributed by atoms with Crippen LogP contribution in [0.4, 0.5) is 0 Å². The van der Waals surface area contributed by atoms with E-state index in [0.29, 0.717) is 12.1 Å². The summed E-state index contributed by atoms with van der Waals surface area (Å²) in [5, 5.41) is 7.90. The molecule has 5 heteroatoms. The average Bonchev–Trinajstić information content (AvgIpc) is 2.83. The first-order valence-electron chi connectivity index (χ1n) is 7.76. The Morgan fingerprint density at radius 3 is 3.05 bits per heavy atom. The fourth-order valence-electron chi connectivity index (χ4n) is 2.91. The number of halogens is 1. The molecule has 114 valence electrons. The minimum atomic E-state index is 0.337. The molecule has 1 N–H and O–H groups in total. The van der Waals surface area contributed by atoms with Crippen LogP contribution in [0.3, 0.4) is 0 Å². The van der Waals surface area contributed by atoms with Crippen LogP contribution in [0.2, 0.25) is 0 Å². The third kappa shape index (κ3) is 4.06. The molecule has 20 heavy (non-hydrogen) atoms. The lowest BCUT2D eigenvalue weighted by Crippen LogP contribution is -2.25. The van der Waals surface area contributed by atoms with Crippen molar-refractivity contribution in [2.75, 3.05) is 13.7 Å². The summed E-state index contributed by atoms with van der Waals surface area (Å²) in [4.78, 5) is 0. The van der Waals surface area contributed by atoms with Gasteiger partial charge in [-0.25, -0.2) is 0 Å². The maximum absolute atomic E-state index is 5.84. The summed E-state index contributed by atoms with van der Waals surface area (Å²) >= 11 is 3.64. The van der Waals surface area contributed by atoms with Crippen LogP contribution in [0.1, 0.15) is 57.2 Å². The van der Waals surface area contributed by atoms with Gasteiger partial charge in [-0.1, -0.05) is 6.92 Å². The zero-order valence-electron chi connectivity index (χ0n) is 12.6. The number of nitrogens with zero attached hydrogens (tertiary/aromatic N) is 2. The Labute approximate surface area is 130 Å². The van der Waals surface area contributed by atoms with Gasteiger partial charge in [-0.2, -0.15) is 5.10 Å². The van der Waals surface area contributed by atoms with Crippen molar-refractivity contribution in [3.05, 3.63) is 16.4 Å². The third-order valence-electron chi connectivity index (χ3n) is 4.00. The summed E-state index contributed by atoms with van der Waals surface area (Å²) < 4.78 is 9.06. The quantitative estimate of drug-likeness (QED) is 0.820. The summed E-state index contributed by atoms with van der Waals surface area (Å²) in [5.41, 5.74) is 1.27. The van der Waals surface area contributed by atoms with Crippen molar-refractivity contribution in [1.29, 1.82) is 0 Å². The topological polar surface area (TPSA) is 39.1 Å². The Balaban J connectivity index is 1.98. The standard InChI is InChI=1S/C15H26BrN3O/c1-3-9-19-15(13(16)11-18-19)14(17-2)8-7-12-6-4-5-10-20-12/h11-12,14,17H,3-10H2,1-2H3. The van der Waals surface area contributed by atoms with E-state index in [1.165, 1.54) is 25.0 Å². The zero-order valence-corrected chi connectivity index (χ0v) is 14.2. The van der Waals surface area contributed by atoms with E-state index in [0.717, 1.165) is 36.9 Å². The second-order valence-electron chi connectivity index (χ2n) is 5.51. The molecule has 0 aliphatic carbocycles. The van der Waals surface area contributed by atoms with Crippen LogP contribution in [0, 0.1) is 0 Å². The van der Waals surface area contributed by atoms with Gasteiger partial charge in [0.1, 0.15) is 0 Å². The third-order valence-corrected chi connectivity index (χ3v) is 4.61. The van der Waals surface area contributed by atoms with E-state index in [1.807, 2.05) is 13.2 Å². The highest BCUT2D eigenvalue weighted by atomic mass is 79.9. The maximum Gasteiger partial charge on any atom is 0.0695 e. The van der Waals surface area contributed by atoms with Crippen molar-refractivity contribution in [2.45, 2.75) is 64.1 Å². The van der Waals surface area contributed by atoms with Gasteiger partial charge < -0.3 is 10.1 Å². The van der Waals surface area contributed by atoms with Crippen molar-refractivity contribution in [1.82, 2.24) is 15.1 Å². The van der Waals surface area contributed by atoms with Crippen molar-refractivity contribution >= 4 is 15.9 Å². The van der Waals surface area contributed by atoms with E-state index >= 15 is 0 Å². The van der Waals surface area contributed by atoms with Gasteiger partial charge in [0.15, 0.2) is 0 Å². The molecule has 4 nitrogen and oxygen atoms in total. The lowest BCUT2D eigenvalue weighted by atomic mass is 10.00. The summed E-state index contributed by atoms with van der Waals surface area (Å²) in [6.07, 6.45) is 9.42. The summed E-state index contributed by atoms with van der Waals surface area (Å²) in [7, 11) is 2.03. The number of ether oxygens (including phenoxy) is 1. The van der Waals surface area contributed by atoms with Crippen molar-refractivity contribution in [2.24, 2.45) is 0 Å². The van der Waals surface area contributed by atoms with Crippen molar-refractivity contribution in [3.8, 4) is 0 Å². The van der Waals surface area contributed by atoms with Gasteiger partial charge >= 0.3 is 0 Å². The largest absolute Gasteiger partial charge is 0.378 e. The van der Waals surface area contributed by atoms with E-state index in [9.17, 15) is 0 Å². The van der Waals surface area contributed by atoms with E-state index in [-0.39, 0.29) is 0 Å². The Morgan fingerprint density at radius 1 is 1.55 bits per heavy atom. The minimum absolute atomic E-state index is 0.337. The van der Waals surface area contributed by atoms with E-state index in [4.69, 9.17) is 4.74 Å². The fraction of sp³-hybridized carbons (Fsp3) is 0.800. The van der Waals surface area contributed by atoms with Gasteiger partial charge in [-0.05, 0) is 61.5 Å². The number of hydrogen-bond acceptors (Lipinski definition) is 3. The number of aryl methyl sites for hydroxylation is 1. The summed E-state index contributed by atoms with van der Waals surface area (Å²) in [6.45, 7) is 4.09. The average molecular weight is 344 g/mol. The smallest absolute Gasteiger partial charge is 0.0695 e. The number of nitrogens with one attached hydrogen (secondary N) is 1. The lowest BCUT2D eigenvalue weighted by molar-refractivity contribution is 0.00851. The van der Waals surface area contributed by atoms with Crippen molar-refractivity contribution in [3.63, 3.8) is 0 Å². The second kappa shape index (κ2) is 8.15. The van der Waals surface area contributed by atoms with Gasteiger partial charge in [-0.3, -0.25) is 4.68 Å². The van der Waals surface area contributed by atoms with Crippen LogP contribution < -0.4 is 5.32 Å². The monoisotopic (exact) mass is 343 g/mol. The molecule has 0 aromatic carbocycles. The highest BCUT2D eigenvalue weighted by Gasteiger charge is 2.21. The molecule has 1 aliphatic rings. The Hall–Kier alpha value is -0.390. The molecule has 2 heterocycles. The molecule has 2 rings (SSSR count). The highest BCUT2D eigenvalue weighted by Crippen LogP contribution is 2.28. The molecule has 1 aromatic heterocycles. The molecule has 1 saturated heterocycles. The molecule has 2 atom stereocenters. The first kappa shape index (κ1) is 16.0. The SMILES string of the molecule is CCCn1ncc(Br)c1C(CCC1CCCCO1)NC. The van der Waals surface area contributed by atoms with Gasteiger partial charge in [0.25, 0.3) is 0 Å². The highest BCUT2D eigenvalue weighted by molar-refractivity contribution is 9.10. The predicted octanol–water partition coefficient (Wildman–Crippen LogP) is 3.67. The molecule has 1 fully saturated rings.